The molecule has 0 radical (unpaired) electrons. The van der Waals surface area contributed by atoms with Crippen LogP contribution >= 0.6 is 0 Å². The standard InChI is InChI=1S/C25H27N3O4/c1-14-12-18(31-5)10-11-19(14)24-26-15(2)22(25(30)28(24)4)27-23-20-9-7-6-8-17(20)13-21(23)32-16(3)29/h6-12,21,23,27H,13H2,1-5H3/t21-,23-/m0/s1. The van der Waals surface area contributed by atoms with Gasteiger partial charge in [-0.3, -0.25) is 14.2 Å². The van der Waals surface area contributed by atoms with Gasteiger partial charge in [-0.25, -0.2) is 4.98 Å². The third-order valence-corrected chi connectivity index (χ3v) is 5.95. The number of carbonyl (C=O) groups excluding carboxylic acids is 1. The molecule has 0 unspecified atom stereocenters. The molecule has 3 aromatic rings. The second-order valence-electron chi connectivity index (χ2n) is 8.11. The van der Waals surface area contributed by atoms with Gasteiger partial charge in [-0.1, -0.05) is 24.3 Å². The van der Waals surface area contributed by atoms with Crippen molar-refractivity contribution in [1.29, 1.82) is 0 Å². The number of benzene rings is 2. The summed E-state index contributed by atoms with van der Waals surface area (Å²) in [6.45, 7) is 5.18. The molecule has 0 saturated heterocycles. The molecule has 166 valence electrons. The molecular weight excluding hydrogens is 406 g/mol. The maximum atomic E-state index is 13.4. The van der Waals surface area contributed by atoms with E-state index in [1.54, 1.807) is 18.7 Å². The lowest BCUT2D eigenvalue weighted by atomic mass is 10.1. The Morgan fingerprint density at radius 3 is 2.62 bits per heavy atom. The van der Waals surface area contributed by atoms with Crippen LogP contribution in [0.5, 0.6) is 5.75 Å². The number of rotatable bonds is 5. The topological polar surface area (TPSA) is 82.4 Å². The summed E-state index contributed by atoms with van der Waals surface area (Å²) in [6.07, 6.45) is 0.209. The second kappa shape index (κ2) is 8.49. The normalized spacial score (nSPS) is 17.0. The van der Waals surface area contributed by atoms with Crippen LogP contribution < -0.4 is 15.6 Å². The molecule has 0 amide bonds. The van der Waals surface area contributed by atoms with Crippen LogP contribution in [0, 0.1) is 13.8 Å². The van der Waals surface area contributed by atoms with Crippen molar-refractivity contribution < 1.29 is 14.3 Å². The molecule has 32 heavy (non-hydrogen) atoms. The van der Waals surface area contributed by atoms with Crippen LogP contribution in [-0.2, 0) is 23.0 Å². The van der Waals surface area contributed by atoms with E-state index in [1.807, 2.05) is 56.3 Å². The predicted molar refractivity (Wildman–Crippen MR) is 123 cm³/mol. The maximum Gasteiger partial charge on any atom is 0.302 e. The summed E-state index contributed by atoms with van der Waals surface area (Å²) in [7, 11) is 3.34. The highest BCUT2D eigenvalue weighted by Crippen LogP contribution is 2.36. The minimum atomic E-state index is -0.391. The van der Waals surface area contributed by atoms with Crippen LogP contribution in [0.4, 0.5) is 5.69 Å². The third kappa shape index (κ3) is 3.86. The Bertz CT molecular complexity index is 1250. The zero-order chi connectivity index (χ0) is 23.0. The Labute approximate surface area is 187 Å². The Morgan fingerprint density at radius 2 is 1.94 bits per heavy atom. The predicted octanol–water partition coefficient (Wildman–Crippen LogP) is 3.71. The highest BCUT2D eigenvalue weighted by Gasteiger charge is 2.35. The number of nitrogens with zero attached hydrogens (tertiary/aromatic N) is 2. The van der Waals surface area contributed by atoms with Gasteiger partial charge < -0.3 is 14.8 Å². The molecule has 0 saturated carbocycles. The minimum Gasteiger partial charge on any atom is -0.497 e. The summed E-state index contributed by atoms with van der Waals surface area (Å²) in [5.74, 6) is 0.993. The van der Waals surface area contributed by atoms with Gasteiger partial charge in [0.1, 0.15) is 23.4 Å². The van der Waals surface area contributed by atoms with Crippen molar-refractivity contribution in [1.82, 2.24) is 9.55 Å². The third-order valence-electron chi connectivity index (χ3n) is 5.95. The van der Waals surface area contributed by atoms with Crippen LogP contribution in [0.2, 0.25) is 0 Å². The van der Waals surface area contributed by atoms with E-state index >= 15 is 0 Å². The van der Waals surface area contributed by atoms with Gasteiger partial charge in [-0.15, -0.1) is 0 Å². The number of hydrogen-bond acceptors (Lipinski definition) is 6. The fourth-order valence-corrected chi connectivity index (χ4v) is 4.34. The van der Waals surface area contributed by atoms with E-state index in [0.717, 1.165) is 28.0 Å². The molecule has 0 spiro atoms. The van der Waals surface area contributed by atoms with Crippen LogP contribution in [0.25, 0.3) is 11.4 Å². The molecule has 2 atom stereocenters. The number of hydrogen-bond donors (Lipinski definition) is 1. The number of aromatic nitrogens is 2. The van der Waals surface area contributed by atoms with E-state index in [0.29, 0.717) is 23.6 Å². The summed E-state index contributed by atoms with van der Waals surface area (Å²) in [6, 6.07) is 13.3. The zero-order valence-corrected chi connectivity index (χ0v) is 18.9. The van der Waals surface area contributed by atoms with Gasteiger partial charge >= 0.3 is 5.97 Å². The first-order valence-electron chi connectivity index (χ1n) is 10.5. The van der Waals surface area contributed by atoms with E-state index in [4.69, 9.17) is 14.5 Å². The summed E-state index contributed by atoms with van der Waals surface area (Å²) in [4.78, 5) is 29.8. The van der Waals surface area contributed by atoms with Crippen LogP contribution in [0.3, 0.4) is 0 Å². The maximum absolute atomic E-state index is 13.4. The van der Waals surface area contributed by atoms with Gasteiger partial charge in [0.25, 0.3) is 5.56 Å². The number of ether oxygens (including phenoxy) is 2. The average Bonchev–Trinajstić information content (AvgIpc) is 3.10. The lowest BCUT2D eigenvalue weighted by Gasteiger charge is -2.24. The fourth-order valence-electron chi connectivity index (χ4n) is 4.34. The summed E-state index contributed by atoms with van der Waals surface area (Å²) in [5.41, 5.74) is 4.76. The number of fused-ring (bicyclic) bond motifs is 1. The van der Waals surface area contributed by atoms with Gasteiger partial charge in [0.2, 0.25) is 0 Å². The van der Waals surface area contributed by atoms with E-state index in [2.05, 4.69) is 5.32 Å². The largest absolute Gasteiger partial charge is 0.497 e. The molecule has 7 nitrogen and oxygen atoms in total. The number of nitrogens with one attached hydrogen (secondary N) is 1. The van der Waals surface area contributed by atoms with Crippen molar-refractivity contribution in [3.63, 3.8) is 0 Å². The Hall–Kier alpha value is -3.61. The van der Waals surface area contributed by atoms with Crippen molar-refractivity contribution in [2.24, 2.45) is 7.05 Å². The fraction of sp³-hybridized carbons (Fsp3) is 0.320. The van der Waals surface area contributed by atoms with Gasteiger partial charge in [0, 0.05) is 26.0 Å². The molecule has 0 fully saturated rings. The second-order valence-corrected chi connectivity index (χ2v) is 8.11. The van der Waals surface area contributed by atoms with Gasteiger partial charge in [-0.2, -0.15) is 0 Å². The smallest absolute Gasteiger partial charge is 0.302 e. The van der Waals surface area contributed by atoms with E-state index in [1.165, 1.54) is 6.92 Å². The van der Waals surface area contributed by atoms with E-state index in [-0.39, 0.29) is 17.6 Å². The van der Waals surface area contributed by atoms with Gasteiger partial charge in [0.15, 0.2) is 0 Å². The molecular formula is C25H27N3O4. The Morgan fingerprint density at radius 1 is 1.19 bits per heavy atom. The van der Waals surface area contributed by atoms with Crippen molar-refractivity contribution in [3.8, 4) is 17.1 Å². The van der Waals surface area contributed by atoms with E-state index < -0.39 is 6.10 Å². The monoisotopic (exact) mass is 433 g/mol. The van der Waals surface area contributed by atoms with Crippen LogP contribution in [0.1, 0.15) is 35.3 Å². The molecule has 1 N–H and O–H groups in total. The lowest BCUT2D eigenvalue weighted by Crippen LogP contribution is -2.31. The van der Waals surface area contributed by atoms with Crippen molar-refractivity contribution >= 4 is 11.7 Å². The number of esters is 1. The Kier molecular flexibility index (Phi) is 5.74. The number of methoxy groups -OCH3 is 1. The molecule has 0 bridgehead atoms. The van der Waals surface area contributed by atoms with Crippen LogP contribution in [-0.4, -0.2) is 28.7 Å². The Balaban J connectivity index is 1.74. The van der Waals surface area contributed by atoms with E-state index in [9.17, 15) is 9.59 Å². The minimum absolute atomic E-state index is 0.186. The highest BCUT2D eigenvalue weighted by atomic mass is 16.5. The molecule has 7 heteroatoms. The average molecular weight is 434 g/mol. The molecule has 1 aliphatic rings. The summed E-state index contributed by atoms with van der Waals surface area (Å²) >= 11 is 0. The highest BCUT2D eigenvalue weighted by molar-refractivity contribution is 5.67. The molecule has 2 aromatic carbocycles. The van der Waals surface area contributed by atoms with Crippen molar-refractivity contribution in [2.75, 3.05) is 12.4 Å². The lowest BCUT2D eigenvalue weighted by molar-refractivity contribution is -0.146. The molecule has 1 aliphatic carbocycles. The van der Waals surface area contributed by atoms with Gasteiger partial charge in [-0.05, 0) is 48.7 Å². The summed E-state index contributed by atoms with van der Waals surface area (Å²) < 4.78 is 12.4. The number of anilines is 1. The van der Waals surface area contributed by atoms with Crippen molar-refractivity contribution in [3.05, 3.63) is 75.2 Å². The zero-order valence-electron chi connectivity index (χ0n) is 18.9. The number of carbonyl (C=O) groups is 1. The first kappa shape index (κ1) is 21.6. The SMILES string of the molecule is COc1ccc(-c2nc(C)c(N[C@H]3c4ccccc4C[C@@H]3OC(C)=O)c(=O)n2C)c(C)c1. The quantitative estimate of drug-likeness (QED) is 0.618. The summed E-state index contributed by atoms with van der Waals surface area (Å²) in [5, 5.41) is 3.35. The number of aryl methyl sites for hydroxylation is 2. The van der Waals surface area contributed by atoms with Crippen molar-refractivity contribution in [2.45, 2.75) is 39.3 Å². The molecule has 4 rings (SSSR count). The van der Waals surface area contributed by atoms with Gasteiger partial charge in [0.05, 0.1) is 18.8 Å². The molecule has 1 aromatic heterocycles. The molecule has 0 aliphatic heterocycles. The first-order valence-corrected chi connectivity index (χ1v) is 10.5. The first-order chi connectivity index (χ1) is 15.3. The van der Waals surface area contributed by atoms with Crippen LogP contribution in [0.15, 0.2) is 47.3 Å². The molecule has 1 heterocycles.